The Hall–Kier alpha value is -2.14. The van der Waals surface area contributed by atoms with Gasteiger partial charge >= 0.3 is 0 Å². The van der Waals surface area contributed by atoms with E-state index in [9.17, 15) is 9.90 Å². The zero-order chi connectivity index (χ0) is 15.5. The lowest BCUT2D eigenvalue weighted by Gasteiger charge is -2.31. The predicted octanol–water partition coefficient (Wildman–Crippen LogP) is 2.49. The Morgan fingerprint density at radius 3 is 2.64 bits per heavy atom. The summed E-state index contributed by atoms with van der Waals surface area (Å²) in [6.45, 7) is 3.31. The lowest BCUT2D eigenvalue weighted by molar-refractivity contribution is 0.0650. The summed E-state index contributed by atoms with van der Waals surface area (Å²) < 4.78 is 5.27. The smallest absolute Gasteiger partial charge is 0.259 e. The van der Waals surface area contributed by atoms with Gasteiger partial charge in [-0.15, -0.1) is 0 Å². The van der Waals surface area contributed by atoms with Crippen molar-refractivity contribution in [3.63, 3.8) is 0 Å². The molecule has 1 N–H and O–H groups in total. The Morgan fingerprint density at radius 1 is 1.32 bits per heavy atom. The molecule has 1 aromatic carbocycles. The van der Waals surface area contributed by atoms with E-state index in [4.69, 9.17) is 4.52 Å². The van der Waals surface area contributed by atoms with Crippen molar-refractivity contribution >= 4 is 5.91 Å². The first kappa shape index (κ1) is 14.8. The molecule has 1 saturated heterocycles. The van der Waals surface area contributed by atoms with Gasteiger partial charge in [-0.25, -0.2) is 0 Å². The third-order valence-corrected chi connectivity index (χ3v) is 4.28. The molecule has 5 nitrogen and oxygen atoms in total. The van der Waals surface area contributed by atoms with E-state index >= 15 is 0 Å². The van der Waals surface area contributed by atoms with Crippen LogP contribution in [0.1, 0.15) is 29.0 Å². The number of carbonyl (C=O) groups is 1. The molecule has 1 fully saturated rings. The monoisotopic (exact) mass is 300 g/mol. The van der Waals surface area contributed by atoms with Gasteiger partial charge in [-0.1, -0.05) is 35.5 Å². The second kappa shape index (κ2) is 6.32. The van der Waals surface area contributed by atoms with Crippen LogP contribution in [0.2, 0.25) is 0 Å². The Balaban J connectivity index is 1.86. The maximum absolute atomic E-state index is 12.8. The topological polar surface area (TPSA) is 66.6 Å². The number of benzene rings is 1. The fourth-order valence-corrected chi connectivity index (χ4v) is 2.89. The van der Waals surface area contributed by atoms with Gasteiger partial charge in [-0.2, -0.15) is 0 Å². The lowest BCUT2D eigenvalue weighted by atomic mass is 9.96. The molecule has 116 valence electrons. The van der Waals surface area contributed by atoms with E-state index in [2.05, 4.69) is 5.16 Å². The number of hydrogen-bond acceptors (Lipinski definition) is 4. The second-order valence-corrected chi connectivity index (χ2v) is 5.75. The molecule has 1 aliphatic heterocycles. The van der Waals surface area contributed by atoms with E-state index in [0.717, 1.165) is 18.4 Å². The van der Waals surface area contributed by atoms with E-state index in [0.29, 0.717) is 36.0 Å². The summed E-state index contributed by atoms with van der Waals surface area (Å²) in [5.41, 5.74) is 2.04. The average Bonchev–Trinajstić information content (AvgIpc) is 2.96. The highest BCUT2D eigenvalue weighted by Gasteiger charge is 2.28. The number of aromatic nitrogens is 1. The average molecular weight is 300 g/mol. The first-order valence-electron chi connectivity index (χ1n) is 7.62. The van der Waals surface area contributed by atoms with E-state index < -0.39 is 0 Å². The van der Waals surface area contributed by atoms with E-state index in [1.54, 1.807) is 6.92 Å². The molecule has 1 aromatic heterocycles. The van der Waals surface area contributed by atoms with Crippen molar-refractivity contribution in [3.8, 4) is 11.3 Å². The molecule has 0 unspecified atom stereocenters. The maximum atomic E-state index is 12.8. The summed E-state index contributed by atoms with van der Waals surface area (Å²) in [6, 6.07) is 9.61. The first-order valence-corrected chi connectivity index (χ1v) is 7.62. The lowest BCUT2D eigenvalue weighted by Crippen LogP contribution is -2.39. The number of likely N-dealkylation sites (tertiary alicyclic amines) is 1. The highest BCUT2D eigenvalue weighted by Crippen LogP contribution is 2.27. The molecule has 1 amide bonds. The van der Waals surface area contributed by atoms with E-state index in [1.807, 2.05) is 35.2 Å². The SMILES string of the molecule is Cc1onc(-c2ccccc2)c1C(=O)N1CCC(CO)CC1. The fraction of sp³-hybridized carbons (Fsp3) is 0.412. The van der Waals surface area contributed by atoms with Crippen LogP contribution in [0.5, 0.6) is 0 Å². The number of hydrogen-bond donors (Lipinski definition) is 1. The minimum absolute atomic E-state index is 0.0333. The highest BCUT2D eigenvalue weighted by atomic mass is 16.5. The highest BCUT2D eigenvalue weighted by molar-refractivity contribution is 6.00. The third-order valence-electron chi connectivity index (χ3n) is 4.28. The molecular formula is C17H20N2O3. The van der Waals surface area contributed by atoms with Crippen LogP contribution in [0.4, 0.5) is 0 Å². The summed E-state index contributed by atoms with van der Waals surface area (Å²) in [5.74, 6) is 0.823. The predicted molar refractivity (Wildman–Crippen MR) is 82.4 cm³/mol. The molecule has 22 heavy (non-hydrogen) atoms. The van der Waals surface area contributed by atoms with Gasteiger partial charge < -0.3 is 14.5 Å². The second-order valence-electron chi connectivity index (χ2n) is 5.75. The van der Waals surface area contributed by atoms with Gasteiger partial charge in [-0.3, -0.25) is 4.79 Å². The molecule has 0 atom stereocenters. The summed E-state index contributed by atoms with van der Waals surface area (Å²) in [6.07, 6.45) is 1.68. The van der Waals surface area contributed by atoms with Gasteiger partial charge in [0, 0.05) is 25.3 Å². The Morgan fingerprint density at radius 2 is 2.00 bits per heavy atom. The Labute approximate surface area is 129 Å². The number of nitrogens with zero attached hydrogens (tertiary/aromatic N) is 2. The number of amides is 1. The van der Waals surface area contributed by atoms with Gasteiger partial charge in [0.2, 0.25) is 0 Å². The van der Waals surface area contributed by atoms with Gasteiger partial charge in [0.25, 0.3) is 5.91 Å². The van der Waals surface area contributed by atoms with Gasteiger partial charge in [0.1, 0.15) is 17.0 Å². The van der Waals surface area contributed by atoms with Crippen LogP contribution in [0.25, 0.3) is 11.3 Å². The molecule has 0 bridgehead atoms. The van der Waals surface area contributed by atoms with Crippen LogP contribution in [-0.4, -0.2) is 40.8 Å². The van der Waals surface area contributed by atoms with Crippen LogP contribution in [0.3, 0.4) is 0 Å². The molecule has 2 heterocycles. The summed E-state index contributed by atoms with van der Waals surface area (Å²) in [4.78, 5) is 14.7. The zero-order valence-corrected chi connectivity index (χ0v) is 12.7. The van der Waals surface area contributed by atoms with Crippen molar-refractivity contribution in [3.05, 3.63) is 41.7 Å². The van der Waals surface area contributed by atoms with Crippen LogP contribution in [0.15, 0.2) is 34.9 Å². The quantitative estimate of drug-likeness (QED) is 0.945. The minimum atomic E-state index is -0.0333. The number of piperidine rings is 1. The Bertz CT molecular complexity index is 643. The van der Waals surface area contributed by atoms with Crippen molar-refractivity contribution in [2.75, 3.05) is 19.7 Å². The fourth-order valence-electron chi connectivity index (χ4n) is 2.89. The number of carbonyl (C=O) groups excluding carboxylic acids is 1. The van der Waals surface area contributed by atoms with E-state index in [1.165, 1.54) is 0 Å². The van der Waals surface area contributed by atoms with Crippen LogP contribution < -0.4 is 0 Å². The maximum Gasteiger partial charge on any atom is 0.259 e. The van der Waals surface area contributed by atoms with Crippen molar-refractivity contribution in [2.45, 2.75) is 19.8 Å². The van der Waals surface area contributed by atoms with Crippen molar-refractivity contribution in [1.29, 1.82) is 0 Å². The molecule has 0 aliphatic carbocycles. The normalized spacial score (nSPS) is 16.0. The molecule has 0 spiro atoms. The van der Waals surface area contributed by atoms with Crippen LogP contribution in [0, 0.1) is 12.8 Å². The van der Waals surface area contributed by atoms with Gasteiger partial charge in [0.15, 0.2) is 0 Å². The summed E-state index contributed by atoms with van der Waals surface area (Å²) >= 11 is 0. The third kappa shape index (κ3) is 2.76. The standard InChI is InChI=1S/C17H20N2O3/c1-12-15(16(18-22-12)14-5-3-2-4-6-14)17(21)19-9-7-13(11-20)8-10-19/h2-6,13,20H,7-11H2,1H3. The summed E-state index contributed by atoms with van der Waals surface area (Å²) in [7, 11) is 0. The number of aliphatic hydroxyl groups excluding tert-OH is 1. The molecule has 0 radical (unpaired) electrons. The largest absolute Gasteiger partial charge is 0.396 e. The van der Waals surface area contributed by atoms with Gasteiger partial charge in [-0.05, 0) is 25.7 Å². The molecule has 0 saturated carbocycles. The molecule has 5 heteroatoms. The summed E-state index contributed by atoms with van der Waals surface area (Å²) in [5, 5.41) is 13.3. The van der Waals surface area contributed by atoms with Crippen LogP contribution >= 0.6 is 0 Å². The van der Waals surface area contributed by atoms with Crippen LogP contribution in [-0.2, 0) is 0 Å². The van der Waals surface area contributed by atoms with Crippen molar-refractivity contribution < 1.29 is 14.4 Å². The zero-order valence-electron chi connectivity index (χ0n) is 12.7. The van der Waals surface area contributed by atoms with Crippen molar-refractivity contribution in [2.24, 2.45) is 5.92 Å². The Kier molecular flexibility index (Phi) is 4.24. The molecule has 1 aliphatic rings. The number of aryl methyl sites for hydroxylation is 1. The van der Waals surface area contributed by atoms with E-state index in [-0.39, 0.29) is 12.5 Å². The molecular weight excluding hydrogens is 280 g/mol. The van der Waals surface area contributed by atoms with Crippen molar-refractivity contribution in [1.82, 2.24) is 10.1 Å². The minimum Gasteiger partial charge on any atom is -0.396 e. The number of aliphatic hydroxyl groups is 1. The molecule has 2 aromatic rings. The molecule has 3 rings (SSSR count). The van der Waals surface area contributed by atoms with Gasteiger partial charge in [0.05, 0.1) is 0 Å². The number of rotatable bonds is 3. The first-order chi connectivity index (χ1) is 10.7.